The first-order chi connectivity index (χ1) is 10.1. The number of alkyl carbamates (subject to hydrolysis) is 1. The van der Waals surface area contributed by atoms with Crippen molar-refractivity contribution in [2.75, 3.05) is 13.2 Å². The van der Waals surface area contributed by atoms with Gasteiger partial charge >= 0.3 is 12.1 Å². The molecule has 0 aliphatic rings. The van der Waals surface area contributed by atoms with Gasteiger partial charge in [-0.3, -0.25) is 0 Å². The Kier molecular flexibility index (Phi) is 6.02. The summed E-state index contributed by atoms with van der Waals surface area (Å²) in [6.45, 7) is 11.5. The van der Waals surface area contributed by atoms with E-state index in [1.165, 1.54) is 0 Å². The molecule has 22 heavy (non-hydrogen) atoms. The fourth-order valence-electron chi connectivity index (χ4n) is 1.95. The van der Waals surface area contributed by atoms with E-state index in [9.17, 15) is 9.59 Å². The Morgan fingerprint density at radius 2 is 1.95 bits per heavy atom. The van der Waals surface area contributed by atoms with Crippen LogP contribution in [0.5, 0.6) is 0 Å². The van der Waals surface area contributed by atoms with Gasteiger partial charge in [-0.1, -0.05) is 13.8 Å². The highest BCUT2D eigenvalue weighted by Gasteiger charge is 2.20. The first-order valence-electron chi connectivity index (χ1n) is 7.43. The molecule has 1 aromatic rings. The molecule has 0 radical (unpaired) electrons. The summed E-state index contributed by atoms with van der Waals surface area (Å²) in [5.41, 5.74) is 1.75. The molecule has 1 heterocycles. The maximum Gasteiger partial charge on any atom is 0.407 e. The van der Waals surface area contributed by atoms with E-state index < -0.39 is 11.7 Å². The molecule has 0 aromatic carbocycles. The number of H-pyrrole nitrogens is 1. The smallest absolute Gasteiger partial charge is 0.407 e. The van der Waals surface area contributed by atoms with Crippen molar-refractivity contribution >= 4 is 12.1 Å². The molecule has 1 aromatic heterocycles. The zero-order valence-electron chi connectivity index (χ0n) is 14.2. The molecule has 0 spiro atoms. The van der Waals surface area contributed by atoms with Gasteiger partial charge in [-0.25, -0.2) is 9.59 Å². The molecule has 0 saturated heterocycles. The van der Waals surface area contributed by atoms with Gasteiger partial charge in [-0.05, 0) is 39.2 Å². The molecule has 0 unspecified atom stereocenters. The van der Waals surface area contributed by atoms with E-state index in [0.29, 0.717) is 5.56 Å². The van der Waals surface area contributed by atoms with Crippen LogP contribution < -0.4 is 5.32 Å². The van der Waals surface area contributed by atoms with Crippen LogP contribution in [0.1, 0.15) is 62.2 Å². The normalized spacial score (nSPS) is 11.4. The number of carbonyl (C=O) groups excluding carboxylic acids is 2. The second kappa shape index (κ2) is 7.33. The Bertz CT molecular complexity index is 527. The van der Waals surface area contributed by atoms with Gasteiger partial charge < -0.3 is 19.8 Å². The SMILES string of the molecule is Cc1c[nH]c(C(C)C)c1C(=O)OCCNC(=O)OC(C)(C)C. The summed E-state index contributed by atoms with van der Waals surface area (Å²) >= 11 is 0. The highest BCUT2D eigenvalue weighted by atomic mass is 16.6. The molecule has 0 aliphatic carbocycles. The van der Waals surface area contributed by atoms with Crippen LogP contribution in [-0.2, 0) is 9.47 Å². The summed E-state index contributed by atoms with van der Waals surface area (Å²) in [5.74, 6) is -0.176. The molecule has 0 saturated carbocycles. The number of aromatic nitrogens is 1. The number of hydrogen-bond acceptors (Lipinski definition) is 4. The lowest BCUT2D eigenvalue weighted by Crippen LogP contribution is -2.34. The average molecular weight is 310 g/mol. The monoisotopic (exact) mass is 310 g/mol. The molecule has 2 N–H and O–H groups in total. The van der Waals surface area contributed by atoms with Crippen LogP contribution in [0.15, 0.2) is 6.20 Å². The highest BCUT2D eigenvalue weighted by molar-refractivity contribution is 5.92. The lowest BCUT2D eigenvalue weighted by Gasteiger charge is -2.19. The van der Waals surface area contributed by atoms with Crippen LogP contribution >= 0.6 is 0 Å². The van der Waals surface area contributed by atoms with Crippen LogP contribution in [0.2, 0.25) is 0 Å². The summed E-state index contributed by atoms with van der Waals surface area (Å²) in [7, 11) is 0. The molecule has 6 heteroatoms. The molecule has 0 atom stereocenters. The van der Waals surface area contributed by atoms with Crippen LogP contribution in [0, 0.1) is 6.92 Å². The predicted octanol–water partition coefficient (Wildman–Crippen LogP) is 3.13. The van der Waals surface area contributed by atoms with Crippen molar-refractivity contribution in [2.45, 2.75) is 53.1 Å². The maximum atomic E-state index is 12.1. The lowest BCUT2D eigenvalue weighted by atomic mass is 10.0. The number of hydrogen-bond donors (Lipinski definition) is 2. The molecule has 6 nitrogen and oxygen atoms in total. The van der Waals surface area contributed by atoms with Gasteiger partial charge in [0.25, 0.3) is 0 Å². The quantitative estimate of drug-likeness (QED) is 0.647. The van der Waals surface area contributed by atoms with Gasteiger partial charge in [0.15, 0.2) is 0 Å². The van der Waals surface area contributed by atoms with Crippen molar-refractivity contribution in [1.29, 1.82) is 0 Å². The Hall–Kier alpha value is -1.98. The van der Waals surface area contributed by atoms with Crippen LogP contribution in [0.3, 0.4) is 0 Å². The second-order valence-electron chi connectivity index (χ2n) is 6.48. The third kappa shape index (κ3) is 5.42. The van der Waals surface area contributed by atoms with E-state index in [-0.39, 0.29) is 25.0 Å². The fraction of sp³-hybridized carbons (Fsp3) is 0.625. The summed E-state index contributed by atoms with van der Waals surface area (Å²) in [5, 5.41) is 2.55. The molecule has 124 valence electrons. The standard InChI is InChI=1S/C16H26N2O4/c1-10(2)13-12(11(3)9-18-13)14(19)21-8-7-17-15(20)22-16(4,5)6/h9-10,18H,7-8H2,1-6H3,(H,17,20). The minimum absolute atomic E-state index is 0.0975. The first kappa shape index (κ1) is 18.1. The van der Waals surface area contributed by atoms with E-state index in [1.54, 1.807) is 27.0 Å². The van der Waals surface area contributed by atoms with Crippen molar-refractivity contribution in [1.82, 2.24) is 10.3 Å². The summed E-state index contributed by atoms with van der Waals surface area (Å²) in [4.78, 5) is 26.7. The molecular formula is C16H26N2O4. The third-order valence-corrected chi connectivity index (χ3v) is 2.89. The van der Waals surface area contributed by atoms with E-state index in [1.807, 2.05) is 20.8 Å². The highest BCUT2D eigenvalue weighted by Crippen LogP contribution is 2.22. The van der Waals surface area contributed by atoms with Crippen molar-refractivity contribution < 1.29 is 19.1 Å². The third-order valence-electron chi connectivity index (χ3n) is 2.89. The second-order valence-corrected chi connectivity index (χ2v) is 6.48. The van der Waals surface area contributed by atoms with E-state index in [4.69, 9.17) is 9.47 Å². The van der Waals surface area contributed by atoms with Gasteiger partial charge in [-0.2, -0.15) is 0 Å². The topological polar surface area (TPSA) is 80.4 Å². The molecule has 0 fully saturated rings. The Balaban J connectivity index is 2.45. The number of rotatable bonds is 5. The van der Waals surface area contributed by atoms with Gasteiger partial charge in [0.2, 0.25) is 0 Å². The lowest BCUT2D eigenvalue weighted by molar-refractivity contribution is 0.0432. The van der Waals surface area contributed by atoms with Crippen molar-refractivity contribution in [3.8, 4) is 0 Å². The van der Waals surface area contributed by atoms with Crippen molar-refractivity contribution in [2.24, 2.45) is 0 Å². The number of ether oxygens (including phenoxy) is 2. The van der Waals surface area contributed by atoms with Crippen molar-refractivity contribution in [3.63, 3.8) is 0 Å². The number of nitrogens with one attached hydrogen (secondary N) is 2. The maximum absolute atomic E-state index is 12.1. The van der Waals surface area contributed by atoms with E-state index in [0.717, 1.165) is 11.3 Å². The molecular weight excluding hydrogens is 284 g/mol. The zero-order valence-corrected chi connectivity index (χ0v) is 14.2. The van der Waals surface area contributed by atoms with E-state index >= 15 is 0 Å². The van der Waals surface area contributed by atoms with Crippen LogP contribution in [-0.4, -0.2) is 35.8 Å². The summed E-state index contributed by atoms with van der Waals surface area (Å²) in [6, 6.07) is 0. The first-order valence-corrected chi connectivity index (χ1v) is 7.43. The minimum atomic E-state index is -0.546. The molecule has 1 amide bonds. The number of carbonyl (C=O) groups is 2. The van der Waals surface area contributed by atoms with Crippen molar-refractivity contribution in [3.05, 3.63) is 23.0 Å². The van der Waals surface area contributed by atoms with Gasteiger partial charge in [-0.15, -0.1) is 0 Å². The molecule has 1 rings (SSSR count). The Morgan fingerprint density at radius 1 is 1.32 bits per heavy atom. The Morgan fingerprint density at radius 3 is 2.50 bits per heavy atom. The van der Waals surface area contributed by atoms with Gasteiger partial charge in [0.05, 0.1) is 12.1 Å². The van der Waals surface area contributed by atoms with Crippen LogP contribution in [0.25, 0.3) is 0 Å². The number of aryl methyl sites for hydroxylation is 1. The van der Waals surface area contributed by atoms with Crippen LogP contribution in [0.4, 0.5) is 4.79 Å². The van der Waals surface area contributed by atoms with Gasteiger partial charge in [0, 0.05) is 11.9 Å². The number of aromatic amines is 1. The average Bonchev–Trinajstić information content (AvgIpc) is 2.74. The van der Waals surface area contributed by atoms with Gasteiger partial charge in [0.1, 0.15) is 12.2 Å². The molecule has 0 aliphatic heterocycles. The summed E-state index contributed by atoms with van der Waals surface area (Å²) in [6.07, 6.45) is 1.27. The zero-order chi connectivity index (χ0) is 16.9. The summed E-state index contributed by atoms with van der Waals surface area (Å²) < 4.78 is 10.3. The van der Waals surface area contributed by atoms with E-state index in [2.05, 4.69) is 10.3 Å². The Labute approximate surface area is 131 Å². The minimum Gasteiger partial charge on any atom is -0.460 e. The number of amides is 1. The molecule has 0 bridgehead atoms. The number of esters is 1. The largest absolute Gasteiger partial charge is 0.460 e. The fourth-order valence-corrected chi connectivity index (χ4v) is 1.95. The predicted molar refractivity (Wildman–Crippen MR) is 84.1 cm³/mol.